The Morgan fingerprint density at radius 1 is 1.12 bits per heavy atom. The second-order valence-corrected chi connectivity index (χ2v) is 6.21. The van der Waals surface area contributed by atoms with Gasteiger partial charge in [-0.15, -0.1) is 0 Å². The molecule has 1 unspecified atom stereocenters. The van der Waals surface area contributed by atoms with Crippen LogP contribution in [0.3, 0.4) is 0 Å². The van der Waals surface area contributed by atoms with Crippen molar-refractivity contribution < 1.29 is 19.1 Å². The standard InChI is InChI=1S/C20H20N2O4/c1-13(23)21-16-9-7-14(8-10-16)20(25)22-12-15(11-19(24)26-2)17-5-3-4-6-18(17)22/h3-10,15H,11-12H2,1-2H3,(H,21,23). The number of carbonyl (C=O) groups excluding carboxylic acids is 3. The van der Waals surface area contributed by atoms with Crippen LogP contribution in [-0.4, -0.2) is 31.4 Å². The first-order chi connectivity index (χ1) is 12.5. The van der Waals surface area contributed by atoms with Crippen LogP contribution in [0.25, 0.3) is 0 Å². The lowest BCUT2D eigenvalue weighted by molar-refractivity contribution is -0.141. The number of nitrogens with zero attached hydrogens (tertiary/aromatic N) is 1. The van der Waals surface area contributed by atoms with Crippen molar-refractivity contribution in [2.75, 3.05) is 23.9 Å². The van der Waals surface area contributed by atoms with Crippen LogP contribution in [0.5, 0.6) is 0 Å². The zero-order chi connectivity index (χ0) is 18.7. The van der Waals surface area contributed by atoms with Crippen LogP contribution < -0.4 is 10.2 Å². The Morgan fingerprint density at radius 2 is 1.81 bits per heavy atom. The molecule has 0 fully saturated rings. The van der Waals surface area contributed by atoms with Gasteiger partial charge in [0.25, 0.3) is 5.91 Å². The lowest BCUT2D eigenvalue weighted by Gasteiger charge is -2.18. The third-order valence-corrected chi connectivity index (χ3v) is 4.41. The maximum Gasteiger partial charge on any atom is 0.306 e. The second kappa shape index (κ2) is 7.39. The SMILES string of the molecule is COC(=O)CC1CN(C(=O)c2ccc(NC(C)=O)cc2)c2ccccc21. The van der Waals surface area contributed by atoms with Gasteiger partial charge in [0.15, 0.2) is 0 Å². The van der Waals surface area contributed by atoms with E-state index in [0.717, 1.165) is 11.3 Å². The largest absolute Gasteiger partial charge is 0.469 e. The maximum absolute atomic E-state index is 13.0. The van der Waals surface area contributed by atoms with Gasteiger partial charge in [-0.25, -0.2) is 0 Å². The Balaban J connectivity index is 1.83. The third-order valence-electron chi connectivity index (χ3n) is 4.41. The second-order valence-electron chi connectivity index (χ2n) is 6.21. The fourth-order valence-electron chi connectivity index (χ4n) is 3.20. The number of methoxy groups -OCH3 is 1. The molecule has 2 aromatic carbocycles. The number of carbonyl (C=O) groups is 3. The van der Waals surface area contributed by atoms with Gasteiger partial charge in [-0.05, 0) is 35.9 Å². The first-order valence-electron chi connectivity index (χ1n) is 8.35. The van der Waals surface area contributed by atoms with Gasteiger partial charge in [-0.3, -0.25) is 14.4 Å². The highest BCUT2D eigenvalue weighted by atomic mass is 16.5. The molecule has 0 aliphatic carbocycles. The van der Waals surface area contributed by atoms with Crippen molar-refractivity contribution in [1.82, 2.24) is 0 Å². The molecule has 6 nitrogen and oxygen atoms in total. The van der Waals surface area contributed by atoms with Crippen molar-refractivity contribution in [2.45, 2.75) is 19.3 Å². The normalized spacial score (nSPS) is 15.3. The van der Waals surface area contributed by atoms with Gasteiger partial charge < -0.3 is 15.0 Å². The van der Waals surface area contributed by atoms with Crippen LogP contribution in [-0.2, 0) is 14.3 Å². The molecule has 0 spiro atoms. The van der Waals surface area contributed by atoms with Gasteiger partial charge >= 0.3 is 5.97 Å². The van der Waals surface area contributed by atoms with E-state index in [0.29, 0.717) is 17.8 Å². The number of benzene rings is 2. The summed E-state index contributed by atoms with van der Waals surface area (Å²) in [5.41, 5.74) is 2.95. The Morgan fingerprint density at radius 3 is 2.46 bits per heavy atom. The van der Waals surface area contributed by atoms with Crippen LogP contribution >= 0.6 is 0 Å². The van der Waals surface area contributed by atoms with E-state index in [1.807, 2.05) is 24.3 Å². The summed E-state index contributed by atoms with van der Waals surface area (Å²) >= 11 is 0. The molecule has 0 saturated heterocycles. The van der Waals surface area contributed by atoms with Crippen molar-refractivity contribution in [3.63, 3.8) is 0 Å². The van der Waals surface area contributed by atoms with Crippen molar-refractivity contribution >= 4 is 29.2 Å². The van der Waals surface area contributed by atoms with Crippen LogP contribution in [0.15, 0.2) is 48.5 Å². The lowest BCUT2D eigenvalue weighted by Crippen LogP contribution is -2.30. The van der Waals surface area contributed by atoms with E-state index in [1.54, 1.807) is 29.2 Å². The van der Waals surface area contributed by atoms with Crippen molar-refractivity contribution in [2.24, 2.45) is 0 Å². The molecule has 0 bridgehead atoms. The average molecular weight is 352 g/mol. The molecule has 1 N–H and O–H groups in total. The zero-order valence-electron chi connectivity index (χ0n) is 14.7. The first-order valence-corrected chi connectivity index (χ1v) is 8.35. The average Bonchev–Trinajstić information content (AvgIpc) is 3.00. The van der Waals surface area contributed by atoms with Gasteiger partial charge in [-0.1, -0.05) is 18.2 Å². The minimum absolute atomic E-state index is 0.0822. The van der Waals surface area contributed by atoms with E-state index >= 15 is 0 Å². The molecule has 2 aromatic rings. The van der Waals surface area contributed by atoms with Gasteiger partial charge in [0.2, 0.25) is 5.91 Å². The summed E-state index contributed by atoms with van der Waals surface area (Å²) in [4.78, 5) is 37.5. The predicted molar refractivity (Wildman–Crippen MR) is 98.2 cm³/mol. The Bertz CT molecular complexity index is 845. The first kappa shape index (κ1) is 17.7. The van der Waals surface area contributed by atoms with Crippen LogP contribution in [0.4, 0.5) is 11.4 Å². The molecule has 1 atom stereocenters. The topological polar surface area (TPSA) is 75.7 Å². The fourth-order valence-corrected chi connectivity index (χ4v) is 3.20. The Labute approximate surface area is 151 Å². The predicted octanol–water partition coefficient (Wildman–Crippen LogP) is 2.95. The molecule has 1 aliphatic heterocycles. The molecule has 1 aliphatic rings. The molecule has 0 aromatic heterocycles. The number of ether oxygens (including phenoxy) is 1. The number of esters is 1. The molecule has 6 heteroatoms. The van der Waals surface area contributed by atoms with Gasteiger partial charge in [0.1, 0.15) is 0 Å². The lowest BCUT2D eigenvalue weighted by atomic mass is 9.98. The van der Waals surface area contributed by atoms with E-state index < -0.39 is 0 Å². The number of rotatable bonds is 4. The number of amides is 2. The van der Waals surface area contributed by atoms with Crippen LogP contribution in [0, 0.1) is 0 Å². The fraction of sp³-hybridized carbons (Fsp3) is 0.250. The van der Waals surface area contributed by atoms with E-state index in [9.17, 15) is 14.4 Å². The van der Waals surface area contributed by atoms with Crippen LogP contribution in [0.1, 0.15) is 35.2 Å². The van der Waals surface area contributed by atoms with E-state index in [4.69, 9.17) is 4.74 Å². The summed E-state index contributed by atoms with van der Waals surface area (Å²) in [5.74, 6) is -0.678. The van der Waals surface area contributed by atoms with E-state index in [-0.39, 0.29) is 30.1 Å². The maximum atomic E-state index is 13.0. The number of hydrogen-bond donors (Lipinski definition) is 1. The minimum atomic E-state index is -0.293. The Hall–Kier alpha value is -3.15. The molecule has 1 heterocycles. The monoisotopic (exact) mass is 352 g/mol. The highest BCUT2D eigenvalue weighted by molar-refractivity contribution is 6.08. The molecule has 0 saturated carbocycles. The van der Waals surface area contributed by atoms with Crippen molar-refractivity contribution in [3.05, 3.63) is 59.7 Å². The number of hydrogen-bond acceptors (Lipinski definition) is 4. The molecular weight excluding hydrogens is 332 g/mol. The van der Waals surface area contributed by atoms with Gasteiger partial charge in [0, 0.05) is 36.3 Å². The van der Waals surface area contributed by atoms with Crippen LogP contribution in [0.2, 0.25) is 0 Å². The summed E-state index contributed by atoms with van der Waals surface area (Å²) in [7, 11) is 1.36. The third kappa shape index (κ3) is 3.59. The van der Waals surface area contributed by atoms with E-state index in [2.05, 4.69) is 5.32 Å². The molecule has 2 amide bonds. The highest BCUT2D eigenvalue weighted by Gasteiger charge is 2.33. The summed E-state index contributed by atoms with van der Waals surface area (Å²) < 4.78 is 4.78. The summed E-state index contributed by atoms with van der Waals surface area (Å²) in [6.07, 6.45) is 0.235. The smallest absolute Gasteiger partial charge is 0.306 e. The quantitative estimate of drug-likeness (QED) is 0.859. The van der Waals surface area contributed by atoms with Gasteiger partial charge in [-0.2, -0.15) is 0 Å². The summed E-state index contributed by atoms with van der Waals surface area (Å²) in [6, 6.07) is 14.4. The summed E-state index contributed by atoms with van der Waals surface area (Å²) in [6.45, 7) is 1.86. The van der Waals surface area contributed by atoms with Gasteiger partial charge in [0.05, 0.1) is 13.5 Å². The van der Waals surface area contributed by atoms with Crippen molar-refractivity contribution in [3.8, 4) is 0 Å². The number of para-hydroxylation sites is 1. The summed E-state index contributed by atoms with van der Waals surface area (Å²) in [5, 5.41) is 2.68. The molecule has 3 rings (SSSR count). The minimum Gasteiger partial charge on any atom is -0.469 e. The number of nitrogens with one attached hydrogen (secondary N) is 1. The van der Waals surface area contributed by atoms with E-state index in [1.165, 1.54) is 14.0 Å². The highest BCUT2D eigenvalue weighted by Crippen LogP contribution is 2.38. The Kier molecular flexibility index (Phi) is 5.02. The molecule has 26 heavy (non-hydrogen) atoms. The molecule has 0 radical (unpaired) electrons. The number of anilines is 2. The molecule has 134 valence electrons. The van der Waals surface area contributed by atoms with Crippen molar-refractivity contribution in [1.29, 1.82) is 0 Å². The zero-order valence-corrected chi connectivity index (χ0v) is 14.7. The number of fused-ring (bicyclic) bond motifs is 1. The molecular formula is C20H20N2O4.